The summed E-state index contributed by atoms with van der Waals surface area (Å²) in [6, 6.07) is 36.8. The SMILES string of the molecule is CC1(c2cc(-c3nc4nccnc4n3-c3ccccc3)cc(-c3nc4nccnc4n3-c3ccccc3)c2)Nc2nccnc2N1c1ccccc1. The predicted molar refractivity (Wildman–Crippen MR) is 199 cm³/mol. The first-order valence-electron chi connectivity index (χ1n) is 16.8. The highest BCUT2D eigenvalue weighted by Crippen LogP contribution is 2.48. The van der Waals surface area contributed by atoms with Gasteiger partial charge in [-0.25, -0.2) is 39.9 Å². The van der Waals surface area contributed by atoms with Crippen molar-refractivity contribution in [1.29, 1.82) is 0 Å². The second-order valence-electron chi connectivity index (χ2n) is 12.5. The van der Waals surface area contributed by atoms with Gasteiger partial charge in [0, 0.05) is 65.4 Å². The minimum Gasteiger partial charge on any atom is -0.340 e. The molecule has 0 saturated heterocycles. The summed E-state index contributed by atoms with van der Waals surface area (Å²) >= 11 is 0. The van der Waals surface area contributed by atoms with Crippen LogP contribution in [0, 0.1) is 0 Å². The van der Waals surface area contributed by atoms with Crippen molar-refractivity contribution >= 4 is 39.9 Å². The van der Waals surface area contributed by atoms with Gasteiger partial charge in [-0.1, -0.05) is 54.6 Å². The van der Waals surface area contributed by atoms with Crippen LogP contribution in [-0.2, 0) is 5.66 Å². The number of rotatable bonds is 6. The fourth-order valence-corrected chi connectivity index (χ4v) is 7.06. The Kier molecular flexibility index (Phi) is 6.61. The average molecular weight is 677 g/mol. The van der Waals surface area contributed by atoms with Crippen molar-refractivity contribution in [3.05, 3.63) is 152 Å². The maximum absolute atomic E-state index is 5.10. The van der Waals surface area contributed by atoms with Gasteiger partial charge < -0.3 is 5.32 Å². The molecule has 10 rings (SSSR count). The minimum atomic E-state index is -0.851. The van der Waals surface area contributed by atoms with E-state index in [1.54, 1.807) is 37.2 Å². The maximum Gasteiger partial charge on any atom is 0.198 e. The van der Waals surface area contributed by atoms with Crippen LogP contribution in [0.4, 0.5) is 17.3 Å². The predicted octanol–water partition coefficient (Wildman–Crippen LogP) is 7.50. The van der Waals surface area contributed by atoms with Gasteiger partial charge in [0.05, 0.1) is 0 Å². The van der Waals surface area contributed by atoms with E-state index in [0.29, 0.717) is 40.1 Å². The molecule has 0 aliphatic carbocycles. The summed E-state index contributed by atoms with van der Waals surface area (Å²) in [5, 5.41) is 3.73. The van der Waals surface area contributed by atoms with Crippen molar-refractivity contribution in [1.82, 2.24) is 49.0 Å². The van der Waals surface area contributed by atoms with Crippen molar-refractivity contribution in [2.24, 2.45) is 0 Å². The fraction of sp³-hybridized carbons (Fsp3) is 0.0500. The van der Waals surface area contributed by atoms with E-state index in [0.717, 1.165) is 39.6 Å². The average Bonchev–Trinajstić information content (AvgIpc) is 3.89. The van der Waals surface area contributed by atoms with E-state index >= 15 is 0 Å². The molecule has 1 aliphatic heterocycles. The number of nitrogens with zero attached hydrogens (tertiary/aromatic N) is 11. The van der Waals surface area contributed by atoms with Crippen molar-refractivity contribution in [3.63, 3.8) is 0 Å². The quantitative estimate of drug-likeness (QED) is 0.189. The molecule has 0 bridgehead atoms. The lowest BCUT2D eigenvalue weighted by Gasteiger charge is -2.37. The molecule has 52 heavy (non-hydrogen) atoms. The topological polar surface area (TPSA) is 128 Å². The molecule has 0 fully saturated rings. The zero-order chi connectivity index (χ0) is 34.6. The Hall–Kier alpha value is -7.34. The van der Waals surface area contributed by atoms with Crippen molar-refractivity contribution in [2.75, 3.05) is 10.2 Å². The van der Waals surface area contributed by atoms with Gasteiger partial charge in [0.1, 0.15) is 17.3 Å². The van der Waals surface area contributed by atoms with Crippen LogP contribution in [0.5, 0.6) is 0 Å². The second kappa shape index (κ2) is 11.6. The molecular formula is C40H28N12. The van der Waals surface area contributed by atoms with Gasteiger partial charge in [-0.3, -0.25) is 14.0 Å². The molecular weight excluding hydrogens is 649 g/mol. The number of fused-ring (bicyclic) bond motifs is 3. The van der Waals surface area contributed by atoms with Gasteiger partial charge >= 0.3 is 0 Å². The summed E-state index contributed by atoms with van der Waals surface area (Å²) < 4.78 is 4.09. The molecule has 0 spiro atoms. The van der Waals surface area contributed by atoms with Gasteiger partial charge in [0.15, 0.2) is 34.2 Å². The van der Waals surface area contributed by atoms with E-state index in [2.05, 4.69) is 57.4 Å². The number of hydrogen-bond donors (Lipinski definition) is 1. The maximum atomic E-state index is 5.10. The van der Waals surface area contributed by atoms with Crippen LogP contribution in [0.1, 0.15) is 12.5 Å². The lowest BCUT2D eigenvalue weighted by Crippen LogP contribution is -2.43. The molecule has 1 atom stereocenters. The van der Waals surface area contributed by atoms with E-state index in [4.69, 9.17) is 29.9 Å². The van der Waals surface area contributed by atoms with Gasteiger partial charge in [0.2, 0.25) is 0 Å². The van der Waals surface area contributed by atoms with E-state index in [-0.39, 0.29) is 0 Å². The van der Waals surface area contributed by atoms with Crippen LogP contribution in [0.25, 0.3) is 56.7 Å². The molecule has 0 saturated carbocycles. The zero-order valence-corrected chi connectivity index (χ0v) is 27.8. The Morgan fingerprint density at radius 3 is 1.50 bits per heavy atom. The molecule has 6 heterocycles. The van der Waals surface area contributed by atoms with Crippen LogP contribution in [-0.4, -0.2) is 49.0 Å². The van der Waals surface area contributed by atoms with E-state index in [1.807, 2.05) is 88.0 Å². The first-order chi connectivity index (χ1) is 25.7. The summed E-state index contributed by atoms with van der Waals surface area (Å²) in [6.45, 7) is 2.14. The highest BCUT2D eigenvalue weighted by molar-refractivity contribution is 5.84. The first kappa shape index (κ1) is 29.6. The molecule has 1 aliphatic rings. The fourth-order valence-electron chi connectivity index (χ4n) is 7.06. The van der Waals surface area contributed by atoms with Crippen LogP contribution < -0.4 is 10.2 Å². The summed E-state index contributed by atoms with van der Waals surface area (Å²) in [5.74, 6) is 2.75. The third-order valence-electron chi connectivity index (χ3n) is 9.35. The molecule has 4 aromatic carbocycles. The van der Waals surface area contributed by atoms with Crippen molar-refractivity contribution in [3.8, 4) is 34.2 Å². The molecule has 1 N–H and O–H groups in total. The molecule has 248 valence electrons. The lowest BCUT2D eigenvalue weighted by atomic mass is 9.94. The third-order valence-corrected chi connectivity index (χ3v) is 9.35. The number of anilines is 3. The smallest absolute Gasteiger partial charge is 0.198 e. The third kappa shape index (κ3) is 4.62. The number of nitrogens with one attached hydrogen (secondary N) is 1. The number of para-hydroxylation sites is 3. The second-order valence-corrected chi connectivity index (χ2v) is 12.5. The van der Waals surface area contributed by atoms with Crippen LogP contribution >= 0.6 is 0 Å². The van der Waals surface area contributed by atoms with Crippen LogP contribution in [0.15, 0.2) is 146 Å². The highest BCUT2D eigenvalue weighted by Gasteiger charge is 2.44. The van der Waals surface area contributed by atoms with Gasteiger partial charge in [-0.05, 0) is 67.1 Å². The number of benzene rings is 4. The molecule has 12 nitrogen and oxygen atoms in total. The zero-order valence-electron chi connectivity index (χ0n) is 27.8. The van der Waals surface area contributed by atoms with E-state index in [1.165, 1.54) is 0 Å². The Balaban J connectivity index is 1.29. The summed E-state index contributed by atoms with van der Waals surface area (Å²) in [6.07, 6.45) is 10.1. The Morgan fingerprint density at radius 1 is 0.500 bits per heavy atom. The molecule has 5 aromatic heterocycles. The molecule has 0 amide bonds. The highest BCUT2D eigenvalue weighted by atomic mass is 15.4. The summed E-state index contributed by atoms with van der Waals surface area (Å²) in [5.41, 5.74) is 6.88. The Morgan fingerprint density at radius 2 is 0.962 bits per heavy atom. The number of aromatic nitrogens is 10. The molecule has 1 unspecified atom stereocenters. The lowest BCUT2D eigenvalue weighted by molar-refractivity contribution is 0.574. The molecule has 9 aromatic rings. The van der Waals surface area contributed by atoms with Gasteiger partial charge in [0.25, 0.3) is 0 Å². The Labute approximate surface area is 297 Å². The number of imidazole rings is 2. The first-order valence-corrected chi connectivity index (χ1v) is 16.8. The van der Waals surface area contributed by atoms with Crippen molar-refractivity contribution < 1.29 is 0 Å². The molecule has 12 heteroatoms. The standard InChI is InChI=1S/C40H28N12/c1-40(49-34-39(46-22-19-43-34)52(40)31-15-9-4-10-16-31)28-24-26(35-47-32-37(44-20-17-41-32)50(35)29-11-5-2-6-12-29)23-27(25-28)36-48-33-38(45-21-18-42-33)51(36)30-13-7-3-8-14-30/h2-25H,1H3,(H,43,49). The summed E-state index contributed by atoms with van der Waals surface area (Å²) in [7, 11) is 0. The van der Waals surface area contributed by atoms with Crippen LogP contribution in [0.3, 0.4) is 0 Å². The van der Waals surface area contributed by atoms with Gasteiger partial charge in [-0.15, -0.1) is 0 Å². The molecule has 0 radical (unpaired) electrons. The van der Waals surface area contributed by atoms with Crippen LogP contribution in [0.2, 0.25) is 0 Å². The summed E-state index contributed by atoms with van der Waals surface area (Å²) in [4.78, 5) is 40.6. The minimum absolute atomic E-state index is 0.537. The Bertz CT molecular complexity index is 2610. The van der Waals surface area contributed by atoms with Gasteiger partial charge in [-0.2, -0.15) is 0 Å². The largest absolute Gasteiger partial charge is 0.340 e. The monoisotopic (exact) mass is 676 g/mol. The number of hydrogen-bond acceptors (Lipinski definition) is 10. The van der Waals surface area contributed by atoms with Crippen molar-refractivity contribution in [2.45, 2.75) is 12.6 Å². The normalized spacial score (nSPS) is 15.2. The van der Waals surface area contributed by atoms with E-state index in [9.17, 15) is 0 Å². The van der Waals surface area contributed by atoms with E-state index < -0.39 is 5.66 Å².